The number of hydrogen-bond donors (Lipinski definition) is 7. The lowest BCUT2D eigenvalue weighted by molar-refractivity contribution is -0.332. The van der Waals surface area contributed by atoms with E-state index in [1.807, 2.05) is 6.92 Å². The van der Waals surface area contributed by atoms with Crippen LogP contribution in [0.2, 0.25) is 0 Å². The van der Waals surface area contributed by atoms with Crippen LogP contribution in [-0.2, 0) is 38.0 Å². The number of hydrogen-bond acceptors (Lipinski definition) is 15. The van der Waals surface area contributed by atoms with Crippen LogP contribution in [0.3, 0.4) is 0 Å². The molecule has 60 heavy (non-hydrogen) atoms. The van der Waals surface area contributed by atoms with E-state index in [0.29, 0.717) is 12.8 Å². The van der Waals surface area contributed by atoms with Crippen molar-refractivity contribution < 1.29 is 73.8 Å². The number of aliphatic hydroxyl groups is 7. The van der Waals surface area contributed by atoms with Crippen molar-refractivity contribution in [3.63, 3.8) is 0 Å². The molecule has 346 valence electrons. The van der Waals surface area contributed by atoms with Gasteiger partial charge in [0.2, 0.25) is 0 Å². The van der Waals surface area contributed by atoms with Crippen molar-refractivity contribution in [3.05, 3.63) is 48.6 Å². The Morgan fingerprint density at radius 3 is 1.62 bits per heavy atom. The van der Waals surface area contributed by atoms with E-state index in [2.05, 4.69) is 55.5 Å². The molecule has 11 atom stereocenters. The van der Waals surface area contributed by atoms with Gasteiger partial charge in [-0.05, 0) is 51.4 Å². The summed E-state index contributed by atoms with van der Waals surface area (Å²) in [6.07, 6.45) is 17.8. The van der Waals surface area contributed by atoms with Crippen LogP contribution in [0.1, 0.15) is 129 Å². The monoisotopic (exact) mass is 857 g/mol. The first kappa shape index (κ1) is 53.6. The Hall–Kier alpha value is -2.54. The molecule has 2 aliphatic rings. The molecule has 0 aromatic carbocycles. The molecule has 11 unspecified atom stereocenters. The van der Waals surface area contributed by atoms with Gasteiger partial charge in [0.15, 0.2) is 18.7 Å². The van der Waals surface area contributed by atoms with Gasteiger partial charge in [0.1, 0.15) is 55.4 Å². The predicted molar refractivity (Wildman–Crippen MR) is 224 cm³/mol. The predicted octanol–water partition coefficient (Wildman–Crippen LogP) is 4.37. The molecule has 0 saturated carbocycles. The smallest absolute Gasteiger partial charge is 0.306 e. The van der Waals surface area contributed by atoms with Crippen LogP contribution in [-0.4, -0.2) is 142 Å². The van der Waals surface area contributed by atoms with E-state index < -0.39 is 92.7 Å². The highest BCUT2D eigenvalue weighted by Crippen LogP contribution is 2.26. The van der Waals surface area contributed by atoms with Gasteiger partial charge in [-0.1, -0.05) is 114 Å². The van der Waals surface area contributed by atoms with Crippen LogP contribution in [0.15, 0.2) is 48.6 Å². The quantitative estimate of drug-likeness (QED) is 0.0283. The van der Waals surface area contributed by atoms with E-state index in [4.69, 9.17) is 28.4 Å². The molecule has 0 amide bonds. The largest absolute Gasteiger partial charge is 0.462 e. The zero-order valence-corrected chi connectivity index (χ0v) is 35.9. The summed E-state index contributed by atoms with van der Waals surface area (Å²) in [5, 5.41) is 71.3. The molecular formula is C45H76O15. The second kappa shape index (κ2) is 33.1. The first-order valence-corrected chi connectivity index (χ1v) is 22.2. The standard InChI is InChI=1S/C45H76O15/c1-3-5-6-7-8-9-10-11-12-13-14-15-16-17-18-19-20-21-22-23-24-25-26-28-37(48)58-33(30-55-36(47)27-4-2)31-56-44-43(54)41(52)39(50)35(60-44)32-57-45-42(53)40(51)38(49)34(29-46)59-45/h5-6,8-9,11-12,14-15,33-35,38-46,49-54H,3-4,7,10,13,16-32H2,1-2H3/b6-5-,9-8-,12-11-,15-14-. The van der Waals surface area contributed by atoms with Crippen molar-refractivity contribution in [2.75, 3.05) is 26.4 Å². The van der Waals surface area contributed by atoms with Crippen LogP contribution in [0, 0.1) is 0 Å². The second-order valence-corrected chi connectivity index (χ2v) is 15.5. The number of allylic oxidation sites excluding steroid dienone is 8. The molecule has 2 heterocycles. The number of aliphatic hydroxyl groups excluding tert-OH is 7. The summed E-state index contributed by atoms with van der Waals surface area (Å²) in [4.78, 5) is 24.9. The molecule has 0 radical (unpaired) electrons. The van der Waals surface area contributed by atoms with Crippen molar-refractivity contribution in [1.29, 1.82) is 0 Å². The summed E-state index contributed by atoms with van der Waals surface area (Å²) >= 11 is 0. The molecule has 0 aromatic rings. The first-order chi connectivity index (χ1) is 29.0. The van der Waals surface area contributed by atoms with Gasteiger partial charge in [-0.2, -0.15) is 0 Å². The van der Waals surface area contributed by atoms with Gasteiger partial charge in [0, 0.05) is 12.8 Å². The van der Waals surface area contributed by atoms with E-state index in [1.54, 1.807) is 0 Å². The number of carbonyl (C=O) groups excluding carboxylic acids is 2. The van der Waals surface area contributed by atoms with Crippen molar-refractivity contribution in [3.8, 4) is 0 Å². The van der Waals surface area contributed by atoms with Crippen LogP contribution in [0.5, 0.6) is 0 Å². The van der Waals surface area contributed by atoms with Crippen molar-refractivity contribution in [2.24, 2.45) is 0 Å². The van der Waals surface area contributed by atoms with Crippen molar-refractivity contribution >= 4 is 11.9 Å². The molecule has 7 N–H and O–H groups in total. The number of unbranched alkanes of at least 4 members (excludes halogenated alkanes) is 10. The average molecular weight is 857 g/mol. The Morgan fingerprint density at radius 2 is 1.05 bits per heavy atom. The summed E-state index contributed by atoms with van der Waals surface area (Å²) in [5.41, 5.74) is 0. The molecule has 2 fully saturated rings. The molecule has 0 aromatic heterocycles. The molecule has 15 nitrogen and oxygen atoms in total. The number of esters is 2. The SMILES string of the molecule is CC/C=C\C/C=C\C/C=C\C/C=C\CCCCCCCCCCCCC(=O)OC(COC(=O)CCC)COC1OC(COC2OC(CO)C(O)C(O)C2O)C(O)C(O)C1O. The van der Waals surface area contributed by atoms with Gasteiger partial charge >= 0.3 is 11.9 Å². The van der Waals surface area contributed by atoms with E-state index in [-0.39, 0.29) is 26.1 Å². The van der Waals surface area contributed by atoms with E-state index in [9.17, 15) is 45.3 Å². The molecule has 0 bridgehead atoms. The highest BCUT2D eigenvalue weighted by Gasteiger charge is 2.47. The van der Waals surface area contributed by atoms with Gasteiger partial charge in [-0.3, -0.25) is 9.59 Å². The van der Waals surface area contributed by atoms with Gasteiger partial charge < -0.3 is 64.2 Å². The topological polar surface area (TPSA) is 231 Å². The van der Waals surface area contributed by atoms with E-state index in [1.165, 1.54) is 32.1 Å². The fourth-order valence-electron chi connectivity index (χ4n) is 6.66. The minimum Gasteiger partial charge on any atom is -0.462 e. The van der Waals surface area contributed by atoms with Crippen LogP contribution in [0.25, 0.3) is 0 Å². The second-order valence-electron chi connectivity index (χ2n) is 15.5. The Kier molecular flexibility index (Phi) is 29.5. The fraction of sp³-hybridized carbons (Fsp3) is 0.778. The lowest BCUT2D eigenvalue weighted by atomic mass is 9.98. The lowest BCUT2D eigenvalue weighted by Gasteiger charge is -2.42. The molecule has 2 rings (SSSR count). The normalized spacial score (nSPS) is 28.0. The zero-order valence-electron chi connectivity index (χ0n) is 35.9. The third-order valence-electron chi connectivity index (χ3n) is 10.3. The maximum atomic E-state index is 12.8. The third kappa shape index (κ3) is 22.0. The molecule has 0 spiro atoms. The summed E-state index contributed by atoms with van der Waals surface area (Å²) in [6, 6.07) is 0. The van der Waals surface area contributed by atoms with Crippen LogP contribution < -0.4 is 0 Å². The average Bonchev–Trinajstić information content (AvgIpc) is 3.24. The molecule has 0 aliphatic carbocycles. The highest BCUT2D eigenvalue weighted by atomic mass is 16.7. The van der Waals surface area contributed by atoms with Gasteiger partial charge in [0.05, 0.1) is 19.8 Å². The van der Waals surface area contributed by atoms with Crippen molar-refractivity contribution in [1.82, 2.24) is 0 Å². The third-order valence-corrected chi connectivity index (χ3v) is 10.3. The minimum atomic E-state index is -1.76. The summed E-state index contributed by atoms with van der Waals surface area (Å²) in [7, 11) is 0. The maximum Gasteiger partial charge on any atom is 0.306 e. The highest BCUT2D eigenvalue weighted by molar-refractivity contribution is 5.70. The lowest BCUT2D eigenvalue weighted by Crippen LogP contribution is -2.61. The maximum absolute atomic E-state index is 12.8. The first-order valence-electron chi connectivity index (χ1n) is 22.2. The minimum absolute atomic E-state index is 0.156. The molecule has 15 heteroatoms. The molecule has 2 saturated heterocycles. The van der Waals surface area contributed by atoms with Crippen LogP contribution >= 0.6 is 0 Å². The molecule has 2 aliphatic heterocycles. The van der Waals surface area contributed by atoms with Gasteiger partial charge in [-0.25, -0.2) is 0 Å². The van der Waals surface area contributed by atoms with E-state index in [0.717, 1.165) is 57.8 Å². The molecular weight excluding hydrogens is 780 g/mol. The van der Waals surface area contributed by atoms with E-state index >= 15 is 0 Å². The summed E-state index contributed by atoms with van der Waals surface area (Å²) in [6.45, 7) is 2.05. The van der Waals surface area contributed by atoms with Crippen LogP contribution in [0.4, 0.5) is 0 Å². The Bertz CT molecular complexity index is 1240. The Labute approximate surface area is 357 Å². The Balaban J connectivity index is 1.65. The zero-order chi connectivity index (χ0) is 44.0. The van der Waals surface area contributed by atoms with Crippen molar-refractivity contribution in [2.45, 2.75) is 197 Å². The Morgan fingerprint density at radius 1 is 0.550 bits per heavy atom. The summed E-state index contributed by atoms with van der Waals surface area (Å²) < 4.78 is 32.9. The van der Waals surface area contributed by atoms with Gasteiger partial charge in [-0.15, -0.1) is 0 Å². The number of carbonyl (C=O) groups is 2. The number of rotatable bonds is 32. The summed E-state index contributed by atoms with van der Waals surface area (Å²) in [5.74, 6) is -0.995. The number of ether oxygens (including phenoxy) is 6. The van der Waals surface area contributed by atoms with Gasteiger partial charge in [0.25, 0.3) is 0 Å². The fourth-order valence-corrected chi connectivity index (χ4v) is 6.66.